The van der Waals surface area contributed by atoms with E-state index in [1.54, 1.807) is 24.5 Å². The lowest BCUT2D eigenvalue weighted by atomic mass is 9.97. The van der Waals surface area contributed by atoms with Gasteiger partial charge in [0, 0.05) is 53.5 Å². The molecule has 1 aliphatic heterocycles. The van der Waals surface area contributed by atoms with Crippen LogP contribution in [0.25, 0.3) is 33.6 Å². The number of hydrogen-bond acceptors (Lipinski definition) is 6. The number of carbonyl (C=O) groups excluding carboxylic acids is 2. The number of aromatic nitrogens is 2. The molecular weight excluding hydrogens is 652 g/mol. The molecule has 0 unspecified atom stereocenters. The Hall–Kier alpha value is -5.22. The number of likely N-dealkylation sites (tertiary alicyclic amines) is 1. The van der Waals surface area contributed by atoms with E-state index >= 15 is 4.39 Å². The lowest BCUT2D eigenvalue weighted by Crippen LogP contribution is -2.59. The summed E-state index contributed by atoms with van der Waals surface area (Å²) in [5.41, 5.74) is 5.54. The third-order valence-electron chi connectivity index (χ3n) is 8.94. The molecule has 0 radical (unpaired) electrons. The van der Waals surface area contributed by atoms with Gasteiger partial charge in [0.05, 0.1) is 10.8 Å². The summed E-state index contributed by atoms with van der Waals surface area (Å²) >= 11 is 1.41. The summed E-state index contributed by atoms with van der Waals surface area (Å²) in [5.74, 6) is -2.06. The highest BCUT2D eigenvalue weighted by Crippen LogP contribution is 2.29. The number of nitrogens with zero attached hydrogens (tertiary/aromatic N) is 3. The number of carbonyl (C=O) groups is 3. The van der Waals surface area contributed by atoms with Crippen molar-refractivity contribution in [1.82, 2.24) is 20.2 Å². The van der Waals surface area contributed by atoms with Gasteiger partial charge in [0.25, 0.3) is 5.91 Å². The number of benzene rings is 3. The highest BCUT2D eigenvalue weighted by Gasteiger charge is 2.39. The summed E-state index contributed by atoms with van der Waals surface area (Å²) in [4.78, 5) is 50.0. The molecule has 256 valence electrons. The van der Waals surface area contributed by atoms with Gasteiger partial charge in [-0.2, -0.15) is 0 Å². The van der Waals surface area contributed by atoms with Gasteiger partial charge in [-0.15, -0.1) is 11.3 Å². The van der Waals surface area contributed by atoms with Crippen molar-refractivity contribution in [2.75, 3.05) is 13.1 Å². The van der Waals surface area contributed by atoms with Crippen molar-refractivity contribution in [3.8, 4) is 33.6 Å². The number of halogens is 1. The van der Waals surface area contributed by atoms with Gasteiger partial charge in [0.2, 0.25) is 5.91 Å². The molecule has 1 atom stereocenters. The van der Waals surface area contributed by atoms with Crippen LogP contribution in [0.5, 0.6) is 0 Å². The van der Waals surface area contributed by atoms with Crippen molar-refractivity contribution in [2.24, 2.45) is 5.92 Å². The van der Waals surface area contributed by atoms with E-state index in [0.29, 0.717) is 21.8 Å². The Balaban J connectivity index is 1.14. The molecule has 0 saturated carbocycles. The van der Waals surface area contributed by atoms with Crippen LogP contribution < -0.4 is 5.32 Å². The molecule has 0 aliphatic carbocycles. The minimum atomic E-state index is -0.936. The first-order valence-corrected chi connectivity index (χ1v) is 17.8. The Labute approximate surface area is 295 Å². The maximum absolute atomic E-state index is 15.3. The quantitative estimate of drug-likeness (QED) is 0.133. The molecule has 10 heteroatoms. The molecule has 6 rings (SSSR count). The Morgan fingerprint density at radius 1 is 0.840 bits per heavy atom. The molecule has 2 aromatic heterocycles. The fourth-order valence-electron chi connectivity index (χ4n) is 6.07. The van der Waals surface area contributed by atoms with E-state index in [4.69, 9.17) is 0 Å². The maximum atomic E-state index is 15.3. The van der Waals surface area contributed by atoms with E-state index in [-0.39, 0.29) is 37.1 Å². The number of amides is 2. The largest absolute Gasteiger partial charge is 0.481 e. The number of thiophene rings is 1. The summed E-state index contributed by atoms with van der Waals surface area (Å²) in [6.45, 7) is 4.46. The third-order valence-corrected chi connectivity index (χ3v) is 10.1. The highest BCUT2D eigenvalue weighted by atomic mass is 32.1. The highest BCUT2D eigenvalue weighted by molar-refractivity contribution is 7.14. The molecule has 1 aliphatic rings. The zero-order valence-electron chi connectivity index (χ0n) is 28.1. The lowest BCUT2D eigenvalue weighted by molar-refractivity contribution is -0.153. The second-order valence-corrected chi connectivity index (χ2v) is 13.8. The van der Waals surface area contributed by atoms with Crippen LogP contribution in [-0.4, -0.2) is 56.9 Å². The maximum Gasteiger partial charge on any atom is 0.310 e. The van der Waals surface area contributed by atoms with Gasteiger partial charge in [0.1, 0.15) is 11.9 Å². The first-order chi connectivity index (χ1) is 24.2. The number of nitrogens with one attached hydrogen (secondary N) is 1. The first-order valence-electron chi connectivity index (χ1n) is 16.9. The molecule has 8 nitrogen and oxygen atoms in total. The molecule has 2 N–H and O–H groups in total. The van der Waals surface area contributed by atoms with Gasteiger partial charge in [-0.05, 0) is 53.3 Å². The summed E-state index contributed by atoms with van der Waals surface area (Å²) in [6, 6.07) is 23.6. The second-order valence-electron chi connectivity index (χ2n) is 12.7. The van der Waals surface area contributed by atoms with E-state index in [1.807, 2.05) is 48.5 Å². The number of aliphatic carboxylic acids is 1. The zero-order chi connectivity index (χ0) is 35.2. The number of carboxylic acids is 1. The summed E-state index contributed by atoms with van der Waals surface area (Å²) in [6.07, 6.45) is 7.37. The van der Waals surface area contributed by atoms with Crippen LogP contribution in [0.3, 0.4) is 0 Å². The third kappa shape index (κ3) is 7.97. The summed E-state index contributed by atoms with van der Waals surface area (Å²) in [7, 11) is 0. The van der Waals surface area contributed by atoms with E-state index < -0.39 is 17.9 Å². The zero-order valence-corrected chi connectivity index (χ0v) is 28.9. The van der Waals surface area contributed by atoms with E-state index in [0.717, 1.165) is 52.8 Å². The number of rotatable bonds is 13. The molecular formula is C40H39FN4O4S. The Morgan fingerprint density at radius 3 is 2.12 bits per heavy atom. The SMILES string of the molecule is CCCc1ccc(-c2ccc(-c3cnc(-c4ccc(C[C@H](NC(=O)c5ccc(CCC)s5)C(=O)N5CC(C(=O)O)C5)cc4)nc3)c(F)c2)cc1. The first kappa shape index (κ1) is 34.6. The lowest BCUT2D eigenvalue weighted by Gasteiger charge is -2.38. The minimum absolute atomic E-state index is 0.118. The Bertz CT molecular complexity index is 1970. The van der Waals surface area contributed by atoms with Gasteiger partial charge >= 0.3 is 5.97 Å². The minimum Gasteiger partial charge on any atom is -0.481 e. The normalized spacial score (nSPS) is 13.5. The van der Waals surface area contributed by atoms with Gasteiger partial charge in [-0.1, -0.05) is 87.4 Å². The molecule has 2 amide bonds. The molecule has 1 fully saturated rings. The average Bonchev–Trinajstić information content (AvgIpc) is 3.57. The monoisotopic (exact) mass is 690 g/mol. The van der Waals surface area contributed by atoms with Crippen LogP contribution in [0, 0.1) is 11.7 Å². The second kappa shape index (κ2) is 15.6. The Morgan fingerprint density at radius 2 is 1.48 bits per heavy atom. The predicted octanol–water partition coefficient (Wildman–Crippen LogP) is 7.47. The molecule has 0 spiro atoms. The molecule has 3 heterocycles. The Kier molecular flexibility index (Phi) is 10.8. The van der Waals surface area contributed by atoms with Crippen LogP contribution in [0.2, 0.25) is 0 Å². The van der Waals surface area contributed by atoms with Crippen LogP contribution in [0.4, 0.5) is 4.39 Å². The van der Waals surface area contributed by atoms with Crippen LogP contribution in [0.15, 0.2) is 91.3 Å². The smallest absolute Gasteiger partial charge is 0.310 e. The van der Waals surface area contributed by atoms with E-state index in [9.17, 15) is 19.5 Å². The van der Waals surface area contributed by atoms with Crippen molar-refractivity contribution in [3.63, 3.8) is 0 Å². The fraction of sp³-hybridized carbons (Fsp3) is 0.275. The standard InChI is InChI=1S/C40H39FN4O4S/c1-3-5-25-7-11-27(12-8-25)29-15-17-33(34(41)20-29)30-21-42-37(43-22-30)28-13-9-26(10-14-28)19-35(39(47)45-23-31(24-45)40(48)49)44-38(46)36-18-16-32(50-36)6-4-2/h7-18,20-22,31,35H,3-6,19,23-24H2,1-2H3,(H,44,46)(H,48,49)/t35-/m0/s1. The fourth-order valence-corrected chi connectivity index (χ4v) is 7.08. The summed E-state index contributed by atoms with van der Waals surface area (Å²) in [5, 5.41) is 12.2. The molecule has 50 heavy (non-hydrogen) atoms. The van der Waals surface area contributed by atoms with Gasteiger partial charge in [0.15, 0.2) is 5.82 Å². The van der Waals surface area contributed by atoms with E-state index in [1.165, 1.54) is 27.9 Å². The average molecular weight is 691 g/mol. The number of aryl methyl sites for hydroxylation is 2. The number of hydrogen-bond donors (Lipinski definition) is 2. The predicted molar refractivity (Wildman–Crippen MR) is 193 cm³/mol. The number of carboxylic acid groups (broad SMARTS) is 1. The molecule has 5 aromatic rings. The van der Waals surface area contributed by atoms with Gasteiger partial charge < -0.3 is 15.3 Å². The van der Waals surface area contributed by atoms with Crippen molar-refractivity contribution in [3.05, 3.63) is 118 Å². The van der Waals surface area contributed by atoms with Crippen molar-refractivity contribution >= 4 is 29.1 Å². The van der Waals surface area contributed by atoms with Crippen LogP contribution in [0.1, 0.15) is 52.4 Å². The summed E-state index contributed by atoms with van der Waals surface area (Å²) < 4.78 is 15.3. The van der Waals surface area contributed by atoms with Crippen molar-refractivity contribution < 1.29 is 23.9 Å². The molecule has 3 aromatic carbocycles. The molecule has 1 saturated heterocycles. The van der Waals surface area contributed by atoms with Gasteiger partial charge in [-0.3, -0.25) is 14.4 Å². The molecule has 0 bridgehead atoms. The van der Waals surface area contributed by atoms with Gasteiger partial charge in [-0.25, -0.2) is 14.4 Å². The topological polar surface area (TPSA) is 112 Å². The van der Waals surface area contributed by atoms with Crippen molar-refractivity contribution in [1.29, 1.82) is 0 Å². The van der Waals surface area contributed by atoms with E-state index in [2.05, 4.69) is 41.3 Å². The van der Waals surface area contributed by atoms with Crippen molar-refractivity contribution in [2.45, 2.75) is 52.0 Å². The van der Waals surface area contributed by atoms with Crippen LogP contribution >= 0.6 is 11.3 Å². The van der Waals surface area contributed by atoms with Crippen LogP contribution in [-0.2, 0) is 28.9 Å².